The molecule has 0 saturated heterocycles. The molecule has 0 bridgehead atoms. The molecule has 4 heteroatoms. The standard InChI is InChI=1S/C10H6Br2ClN/c1-5-4-7(11)10-6(9(5)13)2-3-8(12)14-10/h2-4H,1H3. The van der Waals surface area contributed by atoms with Gasteiger partial charge < -0.3 is 0 Å². The molecule has 0 amide bonds. The summed E-state index contributed by atoms with van der Waals surface area (Å²) in [6.07, 6.45) is 0. The number of hydrogen-bond donors (Lipinski definition) is 0. The smallest absolute Gasteiger partial charge is 0.106 e. The van der Waals surface area contributed by atoms with Crippen molar-refractivity contribution in [3.05, 3.63) is 37.9 Å². The Morgan fingerprint density at radius 2 is 2.00 bits per heavy atom. The van der Waals surface area contributed by atoms with E-state index in [2.05, 4.69) is 36.8 Å². The maximum absolute atomic E-state index is 6.17. The molecule has 0 radical (unpaired) electrons. The van der Waals surface area contributed by atoms with E-state index >= 15 is 0 Å². The van der Waals surface area contributed by atoms with Crippen LogP contribution in [0.5, 0.6) is 0 Å². The van der Waals surface area contributed by atoms with Gasteiger partial charge in [0, 0.05) is 9.86 Å². The molecule has 1 heterocycles. The quantitative estimate of drug-likeness (QED) is 0.635. The van der Waals surface area contributed by atoms with Gasteiger partial charge in [-0.2, -0.15) is 0 Å². The van der Waals surface area contributed by atoms with Crippen LogP contribution in [-0.4, -0.2) is 4.98 Å². The number of benzene rings is 1. The number of aryl methyl sites for hydroxylation is 1. The molecule has 2 aromatic rings. The Balaban J connectivity index is 2.94. The van der Waals surface area contributed by atoms with E-state index in [-0.39, 0.29) is 0 Å². The van der Waals surface area contributed by atoms with Gasteiger partial charge in [-0.1, -0.05) is 11.6 Å². The van der Waals surface area contributed by atoms with E-state index in [0.717, 1.165) is 30.6 Å². The van der Waals surface area contributed by atoms with Gasteiger partial charge in [-0.15, -0.1) is 0 Å². The topological polar surface area (TPSA) is 12.9 Å². The molecule has 0 N–H and O–H groups in total. The zero-order valence-corrected chi connectivity index (χ0v) is 11.2. The van der Waals surface area contributed by atoms with Gasteiger partial charge in [0.05, 0.1) is 10.5 Å². The van der Waals surface area contributed by atoms with Gasteiger partial charge >= 0.3 is 0 Å². The van der Waals surface area contributed by atoms with Crippen molar-refractivity contribution in [2.75, 3.05) is 0 Å². The normalized spacial score (nSPS) is 10.9. The predicted molar refractivity (Wildman–Crippen MR) is 66.9 cm³/mol. The lowest BCUT2D eigenvalue weighted by Crippen LogP contribution is -1.85. The van der Waals surface area contributed by atoms with Gasteiger partial charge in [-0.25, -0.2) is 4.98 Å². The van der Waals surface area contributed by atoms with Crippen LogP contribution in [-0.2, 0) is 0 Å². The van der Waals surface area contributed by atoms with Crippen LogP contribution < -0.4 is 0 Å². The molecular formula is C10H6Br2ClN. The van der Waals surface area contributed by atoms with Crippen molar-refractivity contribution in [1.82, 2.24) is 4.98 Å². The summed E-state index contributed by atoms with van der Waals surface area (Å²) in [4.78, 5) is 4.36. The Morgan fingerprint density at radius 1 is 1.29 bits per heavy atom. The molecule has 72 valence electrons. The average Bonchev–Trinajstić information content (AvgIpc) is 2.14. The first-order chi connectivity index (χ1) is 6.59. The van der Waals surface area contributed by atoms with Gasteiger partial charge in [0.25, 0.3) is 0 Å². The lowest BCUT2D eigenvalue weighted by molar-refractivity contribution is 1.33. The zero-order chi connectivity index (χ0) is 10.3. The van der Waals surface area contributed by atoms with E-state index in [1.807, 2.05) is 25.1 Å². The highest BCUT2D eigenvalue weighted by molar-refractivity contribution is 9.11. The third-order valence-electron chi connectivity index (χ3n) is 2.01. The largest absolute Gasteiger partial charge is 0.240 e. The molecule has 0 fully saturated rings. The van der Waals surface area contributed by atoms with Crippen molar-refractivity contribution in [3.8, 4) is 0 Å². The summed E-state index contributed by atoms with van der Waals surface area (Å²) in [5.74, 6) is 0. The zero-order valence-electron chi connectivity index (χ0n) is 7.31. The second kappa shape index (κ2) is 3.80. The molecule has 1 aromatic heterocycles. The highest BCUT2D eigenvalue weighted by atomic mass is 79.9. The minimum absolute atomic E-state index is 0.767. The molecular weight excluding hydrogens is 329 g/mol. The summed E-state index contributed by atoms with van der Waals surface area (Å²) in [6, 6.07) is 5.83. The number of aromatic nitrogens is 1. The van der Waals surface area contributed by atoms with E-state index in [4.69, 9.17) is 11.6 Å². The van der Waals surface area contributed by atoms with Crippen LogP contribution in [0.1, 0.15) is 5.56 Å². The highest BCUT2D eigenvalue weighted by Crippen LogP contribution is 2.32. The summed E-state index contributed by atoms with van der Waals surface area (Å²) in [6.45, 7) is 1.98. The molecule has 1 aromatic carbocycles. The van der Waals surface area contributed by atoms with Crippen LogP contribution >= 0.6 is 43.5 Å². The van der Waals surface area contributed by atoms with Gasteiger partial charge in [0.1, 0.15) is 4.60 Å². The Hall–Kier alpha value is -0.120. The third-order valence-corrected chi connectivity index (χ3v) is 3.56. The second-order valence-electron chi connectivity index (χ2n) is 3.02. The van der Waals surface area contributed by atoms with E-state index < -0.39 is 0 Å². The summed E-state index contributed by atoms with van der Waals surface area (Å²) in [5, 5.41) is 1.74. The fourth-order valence-electron chi connectivity index (χ4n) is 1.33. The Kier molecular flexibility index (Phi) is 2.82. The summed E-state index contributed by atoms with van der Waals surface area (Å²) >= 11 is 13.0. The number of fused-ring (bicyclic) bond motifs is 1. The van der Waals surface area contributed by atoms with Crippen LogP contribution in [0.4, 0.5) is 0 Å². The number of hydrogen-bond acceptors (Lipinski definition) is 1. The molecule has 0 aliphatic heterocycles. The third kappa shape index (κ3) is 1.69. The van der Waals surface area contributed by atoms with Crippen LogP contribution in [0.25, 0.3) is 10.9 Å². The van der Waals surface area contributed by atoms with E-state index in [1.54, 1.807) is 0 Å². The van der Waals surface area contributed by atoms with Crippen LogP contribution in [0.2, 0.25) is 5.02 Å². The van der Waals surface area contributed by atoms with Crippen LogP contribution in [0.15, 0.2) is 27.3 Å². The van der Waals surface area contributed by atoms with Gasteiger partial charge in [0.15, 0.2) is 0 Å². The molecule has 0 atom stereocenters. The Bertz CT molecular complexity index is 511. The molecule has 2 rings (SSSR count). The molecule has 14 heavy (non-hydrogen) atoms. The van der Waals surface area contributed by atoms with Gasteiger partial charge in [0.2, 0.25) is 0 Å². The first-order valence-electron chi connectivity index (χ1n) is 4.00. The lowest BCUT2D eigenvalue weighted by Gasteiger charge is -2.05. The number of halogens is 3. The van der Waals surface area contributed by atoms with Crippen molar-refractivity contribution in [2.45, 2.75) is 6.92 Å². The summed E-state index contributed by atoms with van der Waals surface area (Å²) in [5.41, 5.74) is 1.94. The van der Waals surface area contributed by atoms with Crippen LogP contribution in [0.3, 0.4) is 0 Å². The maximum atomic E-state index is 6.17. The highest BCUT2D eigenvalue weighted by Gasteiger charge is 2.07. The summed E-state index contributed by atoms with van der Waals surface area (Å²) in [7, 11) is 0. The lowest BCUT2D eigenvalue weighted by atomic mass is 10.1. The molecule has 0 saturated carbocycles. The molecule has 0 unspecified atom stereocenters. The van der Waals surface area contributed by atoms with Crippen molar-refractivity contribution in [3.63, 3.8) is 0 Å². The van der Waals surface area contributed by atoms with Gasteiger partial charge in [-0.05, 0) is 62.5 Å². The van der Waals surface area contributed by atoms with Crippen molar-refractivity contribution in [1.29, 1.82) is 0 Å². The Morgan fingerprint density at radius 3 is 2.71 bits per heavy atom. The fourth-order valence-corrected chi connectivity index (χ4v) is 2.49. The number of pyridine rings is 1. The fraction of sp³-hybridized carbons (Fsp3) is 0.100. The number of nitrogens with zero attached hydrogens (tertiary/aromatic N) is 1. The molecule has 0 aliphatic carbocycles. The van der Waals surface area contributed by atoms with Gasteiger partial charge in [-0.3, -0.25) is 0 Å². The summed E-state index contributed by atoms with van der Waals surface area (Å²) < 4.78 is 1.78. The second-order valence-corrected chi connectivity index (χ2v) is 5.06. The van der Waals surface area contributed by atoms with Crippen molar-refractivity contribution < 1.29 is 0 Å². The predicted octanol–water partition coefficient (Wildman–Crippen LogP) is 4.72. The van der Waals surface area contributed by atoms with E-state index in [1.165, 1.54) is 0 Å². The first-order valence-corrected chi connectivity index (χ1v) is 5.97. The number of rotatable bonds is 0. The monoisotopic (exact) mass is 333 g/mol. The van der Waals surface area contributed by atoms with E-state index in [9.17, 15) is 0 Å². The first kappa shape index (κ1) is 10.4. The Labute approximate surface area is 104 Å². The minimum atomic E-state index is 0.767. The van der Waals surface area contributed by atoms with E-state index in [0.29, 0.717) is 0 Å². The molecule has 1 nitrogen and oxygen atoms in total. The SMILES string of the molecule is Cc1cc(Br)c2nc(Br)ccc2c1Cl. The van der Waals surface area contributed by atoms with Crippen molar-refractivity contribution in [2.24, 2.45) is 0 Å². The van der Waals surface area contributed by atoms with Crippen LogP contribution in [0, 0.1) is 6.92 Å². The van der Waals surface area contributed by atoms with Crippen molar-refractivity contribution >= 4 is 54.4 Å². The molecule has 0 aliphatic rings. The average molecular weight is 335 g/mol. The maximum Gasteiger partial charge on any atom is 0.106 e. The minimum Gasteiger partial charge on any atom is -0.240 e. The molecule has 0 spiro atoms.